The van der Waals surface area contributed by atoms with E-state index < -0.39 is 0 Å². The number of nitrogens with two attached hydrogens (primary N) is 1. The lowest BCUT2D eigenvalue weighted by Crippen LogP contribution is -2.39. The van der Waals surface area contributed by atoms with Crippen molar-refractivity contribution in [1.82, 2.24) is 14.9 Å². The van der Waals surface area contributed by atoms with Crippen molar-refractivity contribution < 1.29 is 9.53 Å². The quantitative estimate of drug-likeness (QED) is 0.776. The minimum Gasteiger partial charge on any atom is -0.497 e. The van der Waals surface area contributed by atoms with Crippen molar-refractivity contribution in [3.63, 3.8) is 0 Å². The lowest BCUT2D eigenvalue weighted by atomic mass is 9.89. The van der Waals surface area contributed by atoms with Crippen molar-refractivity contribution >= 4 is 11.7 Å². The Morgan fingerprint density at radius 1 is 1.19 bits per heavy atom. The Labute approximate surface area is 157 Å². The van der Waals surface area contributed by atoms with Crippen molar-refractivity contribution in [1.29, 1.82) is 0 Å². The molecule has 0 bridgehead atoms. The number of aromatic nitrogens is 2. The molecular formula is C21H20N4O2. The third-order valence-electron chi connectivity index (χ3n) is 4.96. The largest absolute Gasteiger partial charge is 0.497 e. The van der Waals surface area contributed by atoms with Gasteiger partial charge in [0.2, 0.25) is 0 Å². The Bertz CT molecular complexity index is 975. The molecule has 1 atom stereocenters. The number of rotatable bonds is 3. The minimum atomic E-state index is -0.171. The summed E-state index contributed by atoms with van der Waals surface area (Å²) < 4.78 is 5.35. The predicted molar refractivity (Wildman–Crippen MR) is 102 cm³/mol. The van der Waals surface area contributed by atoms with Crippen LogP contribution in [0.4, 0.5) is 5.82 Å². The number of methoxy groups -OCH3 is 1. The van der Waals surface area contributed by atoms with Crippen molar-refractivity contribution in [2.45, 2.75) is 19.0 Å². The van der Waals surface area contributed by atoms with Crippen LogP contribution in [0.5, 0.6) is 5.75 Å². The molecule has 0 aliphatic carbocycles. The van der Waals surface area contributed by atoms with Crippen molar-refractivity contribution in [3.05, 3.63) is 83.3 Å². The van der Waals surface area contributed by atoms with E-state index in [1.165, 1.54) is 18.1 Å². The van der Waals surface area contributed by atoms with E-state index >= 15 is 0 Å². The summed E-state index contributed by atoms with van der Waals surface area (Å²) in [4.78, 5) is 23.1. The molecule has 1 aliphatic heterocycles. The van der Waals surface area contributed by atoms with Gasteiger partial charge in [0.05, 0.1) is 13.2 Å². The topological polar surface area (TPSA) is 81.3 Å². The van der Waals surface area contributed by atoms with Crippen LogP contribution in [0.25, 0.3) is 0 Å². The van der Waals surface area contributed by atoms with Crippen LogP contribution in [0, 0.1) is 0 Å². The van der Waals surface area contributed by atoms with Gasteiger partial charge in [-0.15, -0.1) is 0 Å². The van der Waals surface area contributed by atoms with E-state index in [0.717, 1.165) is 23.3 Å². The first kappa shape index (κ1) is 17.0. The molecular weight excluding hydrogens is 340 g/mol. The number of benzene rings is 2. The number of hydrogen-bond acceptors (Lipinski definition) is 5. The molecule has 0 radical (unpaired) electrons. The van der Waals surface area contributed by atoms with Crippen LogP contribution in [0.3, 0.4) is 0 Å². The van der Waals surface area contributed by atoms with Gasteiger partial charge in [0.25, 0.3) is 5.91 Å². The van der Waals surface area contributed by atoms with E-state index in [1.807, 2.05) is 47.4 Å². The monoisotopic (exact) mass is 360 g/mol. The molecule has 3 aromatic rings. The molecule has 2 N–H and O–H groups in total. The van der Waals surface area contributed by atoms with Crippen molar-refractivity contribution in [2.75, 3.05) is 12.8 Å². The van der Waals surface area contributed by atoms with Crippen LogP contribution in [-0.2, 0) is 13.0 Å². The van der Waals surface area contributed by atoms with Gasteiger partial charge in [-0.3, -0.25) is 4.79 Å². The lowest BCUT2D eigenvalue weighted by Gasteiger charge is -2.37. The maximum absolute atomic E-state index is 13.3. The van der Waals surface area contributed by atoms with Crippen LogP contribution in [0.2, 0.25) is 0 Å². The van der Waals surface area contributed by atoms with Gasteiger partial charge in [-0.05, 0) is 35.2 Å². The number of ether oxygens (including phenoxy) is 1. The number of carbonyl (C=O) groups is 1. The summed E-state index contributed by atoms with van der Waals surface area (Å²) >= 11 is 0. The minimum absolute atomic E-state index is 0.0841. The molecule has 6 nitrogen and oxygen atoms in total. The molecule has 0 saturated heterocycles. The van der Waals surface area contributed by atoms with Crippen LogP contribution in [0.1, 0.15) is 33.1 Å². The number of amides is 1. The SMILES string of the molecule is COc1ccc2c(c1)CN(C(=O)c1cncnc1N)C(c1ccccc1)C2. The summed E-state index contributed by atoms with van der Waals surface area (Å²) in [5, 5.41) is 0. The molecule has 1 unspecified atom stereocenters. The standard InChI is InChI=1S/C21H20N4O2/c1-27-17-8-7-15-10-19(14-5-3-2-4-6-14)25(12-16(15)9-17)21(26)18-11-23-13-24-20(18)22/h2-9,11,13,19H,10,12H2,1H3,(H2,22,23,24). The van der Waals surface area contributed by atoms with Gasteiger partial charge in [0, 0.05) is 12.7 Å². The average molecular weight is 360 g/mol. The highest BCUT2D eigenvalue weighted by atomic mass is 16.5. The summed E-state index contributed by atoms with van der Waals surface area (Å²) in [7, 11) is 1.64. The Morgan fingerprint density at radius 2 is 2.00 bits per heavy atom. The molecule has 2 aromatic carbocycles. The Morgan fingerprint density at radius 3 is 2.74 bits per heavy atom. The molecule has 0 fully saturated rings. The smallest absolute Gasteiger partial charge is 0.260 e. The fourth-order valence-corrected chi connectivity index (χ4v) is 3.53. The highest BCUT2D eigenvalue weighted by Gasteiger charge is 2.32. The Balaban J connectivity index is 1.77. The summed E-state index contributed by atoms with van der Waals surface area (Å²) in [5.41, 5.74) is 9.63. The van der Waals surface area contributed by atoms with E-state index in [-0.39, 0.29) is 17.8 Å². The van der Waals surface area contributed by atoms with E-state index in [9.17, 15) is 4.79 Å². The number of fused-ring (bicyclic) bond motifs is 1. The first-order valence-corrected chi connectivity index (χ1v) is 8.74. The van der Waals surface area contributed by atoms with Gasteiger partial charge in [0.15, 0.2) is 0 Å². The normalized spacial score (nSPS) is 15.9. The second kappa shape index (κ2) is 7.07. The van der Waals surface area contributed by atoms with Crippen LogP contribution < -0.4 is 10.5 Å². The second-order valence-electron chi connectivity index (χ2n) is 6.52. The molecule has 1 aliphatic rings. The maximum Gasteiger partial charge on any atom is 0.260 e. The number of nitrogen functional groups attached to an aromatic ring is 1. The molecule has 1 aromatic heterocycles. The molecule has 27 heavy (non-hydrogen) atoms. The highest BCUT2D eigenvalue weighted by molar-refractivity contribution is 5.98. The molecule has 1 amide bonds. The van der Waals surface area contributed by atoms with Crippen molar-refractivity contribution in [2.24, 2.45) is 0 Å². The van der Waals surface area contributed by atoms with Gasteiger partial charge in [0.1, 0.15) is 23.5 Å². The van der Waals surface area contributed by atoms with Crippen LogP contribution in [-0.4, -0.2) is 27.9 Å². The van der Waals surface area contributed by atoms with Gasteiger partial charge >= 0.3 is 0 Å². The fourth-order valence-electron chi connectivity index (χ4n) is 3.53. The number of anilines is 1. The molecule has 0 spiro atoms. The summed E-state index contributed by atoms with van der Waals surface area (Å²) in [6, 6.07) is 16.0. The van der Waals surface area contributed by atoms with E-state index in [2.05, 4.69) is 16.0 Å². The first-order valence-electron chi connectivity index (χ1n) is 8.74. The predicted octanol–water partition coefficient (Wildman–Crippen LogP) is 3.01. The molecule has 6 heteroatoms. The van der Waals surface area contributed by atoms with Crippen LogP contribution >= 0.6 is 0 Å². The van der Waals surface area contributed by atoms with Gasteiger partial charge < -0.3 is 15.4 Å². The van der Waals surface area contributed by atoms with E-state index in [0.29, 0.717) is 12.1 Å². The van der Waals surface area contributed by atoms with Gasteiger partial charge in [-0.1, -0.05) is 36.4 Å². The Hall–Kier alpha value is -3.41. The number of carbonyl (C=O) groups excluding carboxylic acids is 1. The fraction of sp³-hybridized carbons (Fsp3) is 0.190. The third-order valence-corrected chi connectivity index (χ3v) is 4.96. The number of nitrogens with zero attached hydrogens (tertiary/aromatic N) is 3. The molecule has 2 heterocycles. The zero-order valence-electron chi connectivity index (χ0n) is 15.0. The number of hydrogen-bond donors (Lipinski definition) is 1. The summed E-state index contributed by atoms with van der Waals surface area (Å²) in [6.45, 7) is 0.471. The second-order valence-corrected chi connectivity index (χ2v) is 6.52. The maximum atomic E-state index is 13.3. The van der Waals surface area contributed by atoms with Crippen LogP contribution in [0.15, 0.2) is 61.1 Å². The summed E-state index contributed by atoms with van der Waals surface area (Å²) in [5.74, 6) is 0.801. The first-order chi connectivity index (χ1) is 13.2. The zero-order chi connectivity index (χ0) is 18.8. The Kier molecular flexibility index (Phi) is 4.46. The summed E-state index contributed by atoms with van der Waals surface area (Å²) in [6.07, 6.45) is 3.55. The molecule has 0 saturated carbocycles. The zero-order valence-corrected chi connectivity index (χ0v) is 15.0. The highest BCUT2D eigenvalue weighted by Crippen LogP contribution is 2.36. The van der Waals surface area contributed by atoms with E-state index in [1.54, 1.807) is 7.11 Å². The average Bonchev–Trinajstić information content (AvgIpc) is 2.73. The third kappa shape index (κ3) is 3.21. The van der Waals surface area contributed by atoms with E-state index in [4.69, 9.17) is 10.5 Å². The van der Waals surface area contributed by atoms with Crippen molar-refractivity contribution in [3.8, 4) is 5.75 Å². The van der Waals surface area contributed by atoms with Gasteiger partial charge in [-0.2, -0.15) is 0 Å². The lowest BCUT2D eigenvalue weighted by molar-refractivity contribution is 0.0638. The van der Waals surface area contributed by atoms with Gasteiger partial charge in [-0.25, -0.2) is 9.97 Å². The molecule has 4 rings (SSSR count). The molecule has 136 valence electrons.